The standard InChI is InChI=1S/C13H18O5/c1-3-8-16-9-10-17-18-13(14)11-6-4-5-7-12(11)15-2/h4-7H,3,8-10H2,1-2H3. The molecule has 0 N–H and O–H groups in total. The molecule has 0 radical (unpaired) electrons. The lowest BCUT2D eigenvalue weighted by Crippen LogP contribution is -2.11. The highest BCUT2D eigenvalue weighted by Crippen LogP contribution is 2.18. The van der Waals surface area contributed by atoms with Crippen LogP contribution in [0, 0.1) is 0 Å². The van der Waals surface area contributed by atoms with Gasteiger partial charge >= 0.3 is 5.97 Å². The van der Waals surface area contributed by atoms with Crippen molar-refractivity contribution in [2.45, 2.75) is 13.3 Å². The molecule has 0 saturated carbocycles. The van der Waals surface area contributed by atoms with Gasteiger partial charge in [0, 0.05) is 6.61 Å². The van der Waals surface area contributed by atoms with Crippen molar-refractivity contribution in [3.63, 3.8) is 0 Å². The minimum Gasteiger partial charge on any atom is -0.496 e. The topological polar surface area (TPSA) is 54.0 Å². The molecule has 0 amide bonds. The molecule has 100 valence electrons. The zero-order valence-electron chi connectivity index (χ0n) is 10.7. The van der Waals surface area contributed by atoms with Crippen molar-refractivity contribution < 1.29 is 24.0 Å². The molecule has 0 fully saturated rings. The van der Waals surface area contributed by atoms with Gasteiger partial charge in [0.15, 0.2) is 0 Å². The predicted octanol–water partition coefficient (Wildman–Crippen LogP) is 2.21. The third-order valence-corrected chi connectivity index (χ3v) is 2.12. The van der Waals surface area contributed by atoms with Gasteiger partial charge in [-0.15, -0.1) is 0 Å². The summed E-state index contributed by atoms with van der Waals surface area (Å²) >= 11 is 0. The summed E-state index contributed by atoms with van der Waals surface area (Å²) in [4.78, 5) is 21.1. The molecular weight excluding hydrogens is 236 g/mol. The van der Waals surface area contributed by atoms with Crippen molar-refractivity contribution >= 4 is 5.97 Å². The van der Waals surface area contributed by atoms with Crippen LogP contribution in [0.4, 0.5) is 0 Å². The highest BCUT2D eigenvalue weighted by Gasteiger charge is 2.13. The number of carbonyl (C=O) groups is 1. The van der Waals surface area contributed by atoms with Gasteiger partial charge in [-0.2, -0.15) is 4.89 Å². The molecule has 0 unspecified atom stereocenters. The second kappa shape index (κ2) is 8.49. The smallest absolute Gasteiger partial charge is 0.376 e. The minimum absolute atomic E-state index is 0.209. The van der Waals surface area contributed by atoms with Crippen molar-refractivity contribution in [3.8, 4) is 5.75 Å². The first-order chi connectivity index (χ1) is 8.79. The van der Waals surface area contributed by atoms with E-state index in [-0.39, 0.29) is 6.61 Å². The van der Waals surface area contributed by atoms with E-state index in [1.165, 1.54) is 7.11 Å². The summed E-state index contributed by atoms with van der Waals surface area (Å²) in [7, 11) is 1.49. The molecule has 1 rings (SSSR count). The van der Waals surface area contributed by atoms with Crippen LogP contribution in [0.5, 0.6) is 5.75 Å². The van der Waals surface area contributed by atoms with Crippen LogP contribution in [0.3, 0.4) is 0 Å². The largest absolute Gasteiger partial charge is 0.496 e. The number of hydrogen-bond donors (Lipinski definition) is 0. The van der Waals surface area contributed by atoms with E-state index in [1.54, 1.807) is 24.3 Å². The summed E-state index contributed by atoms with van der Waals surface area (Å²) in [6.45, 7) is 3.29. The van der Waals surface area contributed by atoms with Gasteiger partial charge in [-0.3, -0.25) is 4.89 Å². The summed E-state index contributed by atoms with van der Waals surface area (Å²) in [6, 6.07) is 6.79. The average molecular weight is 254 g/mol. The Morgan fingerprint density at radius 2 is 1.94 bits per heavy atom. The Morgan fingerprint density at radius 1 is 1.17 bits per heavy atom. The van der Waals surface area contributed by atoms with Crippen LogP contribution < -0.4 is 4.74 Å². The molecule has 0 aliphatic carbocycles. The second-order valence-electron chi connectivity index (χ2n) is 3.51. The van der Waals surface area contributed by atoms with Gasteiger partial charge in [0.25, 0.3) is 0 Å². The van der Waals surface area contributed by atoms with E-state index in [0.29, 0.717) is 24.5 Å². The Kier molecular flexibility index (Phi) is 6.83. The summed E-state index contributed by atoms with van der Waals surface area (Å²) in [5.41, 5.74) is 0.328. The molecule has 0 heterocycles. The summed E-state index contributed by atoms with van der Waals surface area (Å²) in [5.74, 6) is -0.128. The molecule has 5 nitrogen and oxygen atoms in total. The molecule has 0 aliphatic rings. The van der Waals surface area contributed by atoms with Gasteiger partial charge < -0.3 is 9.47 Å². The van der Waals surface area contributed by atoms with Crippen LogP contribution in [-0.4, -0.2) is 32.9 Å². The summed E-state index contributed by atoms with van der Waals surface area (Å²) in [5, 5.41) is 0. The fraction of sp³-hybridized carbons (Fsp3) is 0.462. The third kappa shape index (κ3) is 4.73. The van der Waals surface area contributed by atoms with Crippen molar-refractivity contribution in [2.75, 3.05) is 26.9 Å². The maximum absolute atomic E-state index is 11.6. The SMILES string of the molecule is CCCOCCOOC(=O)c1ccccc1OC. The van der Waals surface area contributed by atoms with Crippen molar-refractivity contribution in [3.05, 3.63) is 29.8 Å². The van der Waals surface area contributed by atoms with Gasteiger partial charge in [0.2, 0.25) is 0 Å². The molecule has 18 heavy (non-hydrogen) atoms. The van der Waals surface area contributed by atoms with Gasteiger partial charge in [0.05, 0.1) is 13.7 Å². The number of ether oxygens (including phenoxy) is 2. The first kappa shape index (κ1) is 14.5. The lowest BCUT2D eigenvalue weighted by molar-refractivity contribution is -0.247. The quantitative estimate of drug-likeness (QED) is 0.404. The number of rotatable bonds is 8. The second-order valence-corrected chi connectivity index (χ2v) is 3.51. The average Bonchev–Trinajstić information content (AvgIpc) is 2.42. The van der Waals surface area contributed by atoms with E-state index in [2.05, 4.69) is 4.89 Å². The number of para-hydroxylation sites is 1. The van der Waals surface area contributed by atoms with Gasteiger partial charge in [-0.1, -0.05) is 19.1 Å². The first-order valence-electron chi connectivity index (χ1n) is 5.84. The van der Waals surface area contributed by atoms with E-state index >= 15 is 0 Å². The van der Waals surface area contributed by atoms with E-state index in [9.17, 15) is 4.79 Å². The summed E-state index contributed by atoms with van der Waals surface area (Å²) < 4.78 is 10.2. The zero-order chi connectivity index (χ0) is 13.2. The molecule has 0 aliphatic heterocycles. The Balaban J connectivity index is 2.32. The van der Waals surface area contributed by atoms with Crippen molar-refractivity contribution in [1.29, 1.82) is 0 Å². The van der Waals surface area contributed by atoms with E-state index in [1.807, 2.05) is 6.92 Å². The highest BCUT2D eigenvalue weighted by molar-refractivity contribution is 5.92. The van der Waals surface area contributed by atoms with Crippen molar-refractivity contribution in [2.24, 2.45) is 0 Å². The fourth-order valence-electron chi connectivity index (χ4n) is 1.29. The van der Waals surface area contributed by atoms with Crippen LogP contribution in [-0.2, 0) is 14.5 Å². The van der Waals surface area contributed by atoms with Crippen LogP contribution in [0.1, 0.15) is 23.7 Å². The first-order valence-corrected chi connectivity index (χ1v) is 5.84. The summed E-state index contributed by atoms with van der Waals surface area (Å²) in [6.07, 6.45) is 0.945. The molecule has 0 saturated heterocycles. The normalized spacial score (nSPS) is 10.1. The van der Waals surface area contributed by atoms with Crippen LogP contribution in [0.2, 0.25) is 0 Å². The van der Waals surface area contributed by atoms with E-state index < -0.39 is 5.97 Å². The third-order valence-electron chi connectivity index (χ3n) is 2.12. The lowest BCUT2D eigenvalue weighted by Gasteiger charge is -2.07. The van der Waals surface area contributed by atoms with E-state index in [0.717, 1.165) is 6.42 Å². The van der Waals surface area contributed by atoms with Gasteiger partial charge in [0.1, 0.15) is 17.9 Å². The van der Waals surface area contributed by atoms with Crippen molar-refractivity contribution in [1.82, 2.24) is 0 Å². The molecule has 0 spiro atoms. The fourth-order valence-corrected chi connectivity index (χ4v) is 1.29. The van der Waals surface area contributed by atoms with Crippen LogP contribution in [0.15, 0.2) is 24.3 Å². The monoisotopic (exact) mass is 254 g/mol. The molecule has 0 bridgehead atoms. The molecule has 5 heteroatoms. The van der Waals surface area contributed by atoms with Gasteiger partial charge in [-0.05, 0) is 18.6 Å². The molecular formula is C13H18O5. The van der Waals surface area contributed by atoms with Crippen LogP contribution >= 0.6 is 0 Å². The number of benzene rings is 1. The Morgan fingerprint density at radius 3 is 2.67 bits per heavy atom. The molecule has 0 aromatic heterocycles. The number of hydrogen-bond acceptors (Lipinski definition) is 5. The van der Waals surface area contributed by atoms with Gasteiger partial charge in [-0.25, -0.2) is 4.79 Å². The predicted molar refractivity (Wildman–Crippen MR) is 65.5 cm³/mol. The minimum atomic E-state index is -0.581. The lowest BCUT2D eigenvalue weighted by atomic mass is 10.2. The Labute approximate surface area is 107 Å². The number of carbonyl (C=O) groups excluding carboxylic acids is 1. The maximum atomic E-state index is 11.6. The number of methoxy groups -OCH3 is 1. The Hall–Kier alpha value is -1.59. The maximum Gasteiger partial charge on any atom is 0.376 e. The highest BCUT2D eigenvalue weighted by atomic mass is 17.2. The van der Waals surface area contributed by atoms with Crippen LogP contribution in [0.25, 0.3) is 0 Å². The molecule has 1 aromatic carbocycles. The van der Waals surface area contributed by atoms with E-state index in [4.69, 9.17) is 14.4 Å². The molecule has 1 aromatic rings. The zero-order valence-corrected chi connectivity index (χ0v) is 10.7. The Bertz CT molecular complexity index is 364. The molecule has 0 atom stereocenters.